The highest BCUT2D eigenvalue weighted by molar-refractivity contribution is 7.89. The van der Waals surface area contributed by atoms with Gasteiger partial charge in [0, 0.05) is 25.8 Å². The molecule has 3 aromatic heterocycles. The van der Waals surface area contributed by atoms with E-state index in [0.29, 0.717) is 28.4 Å². The summed E-state index contributed by atoms with van der Waals surface area (Å²) in [5.74, 6) is -0.814. The number of halogens is 3. The summed E-state index contributed by atoms with van der Waals surface area (Å²) in [6.45, 7) is 1.68. The number of piperazine rings is 1. The fourth-order valence-electron chi connectivity index (χ4n) is 4.14. The summed E-state index contributed by atoms with van der Waals surface area (Å²) in [7, 11) is -4.32. The Bertz CT molecular complexity index is 1660. The Kier molecular flexibility index (Phi) is 7.63. The van der Waals surface area contributed by atoms with Crippen molar-refractivity contribution in [2.24, 2.45) is 0 Å². The van der Waals surface area contributed by atoms with Crippen LogP contribution < -0.4 is 15.0 Å². The summed E-state index contributed by atoms with van der Waals surface area (Å²) < 4.78 is 69.8. The number of aromatic nitrogens is 6. The number of nitrogens with one attached hydrogen (secondary N) is 1. The number of fused-ring (bicyclic) bond motifs is 1. The molecule has 13 nitrogen and oxygen atoms in total. The van der Waals surface area contributed by atoms with Crippen molar-refractivity contribution >= 4 is 32.9 Å². The van der Waals surface area contributed by atoms with Crippen LogP contribution >= 0.6 is 0 Å². The number of rotatable bonds is 7. The number of nitrogens with zero attached hydrogens (tertiary/aromatic N) is 8. The largest absolute Gasteiger partial charge is 0.573 e. The maximum absolute atomic E-state index is 13.6. The smallest absolute Gasteiger partial charge is 0.406 e. The minimum Gasteiger partial charge on any atom is -0.406 e. The van der Waals surface area contributed by atoms with Crippen molar-refractivity contribution in [3.05, 3.63) is 66.8 Å². The number of hydrogen-bond donors (Lipinski definition) is 1. The van der Waals surface area contributed by atoms with Gasteiger partial charge in [-0.1, -0.05) is 0 Å². The summed E-state index contributed by atoms with van der Waals surface area (Å²) in [5.41, 5.74) is 1.94. The van der Waals surface area contributed by atoms with Crippen LogP contribution in [0, 0.1) is 6.92 Å². The molecule has 0 bridgehead atoms. The molecule has 1 fully saturated rings. The molecule has 41 heavy (non-hydrogen) atoms. The molecule has 1 N–H and O–H groups in total. The van der Waals surface area contributed by atoms with Crippen LogP contribution in [0.3, 0.4) is 0 Å². The first-order valence-electron chi connectivity index (χ1n) is 12.1. The van der Waals surface area contributed by atoms with Crippen molar-refractivity contribution in [3.63, 3.8) is 0 Å². The molecular formula is C24H22F3N9O4S. The summed E-state index contributed by atoms with van der Waals surface area (Å²) in [5, 5.41) is 2.70. The minimum absolute atomic E-state index is 0.00726. The van der Waals surface area contributed by atoms with Gasteiger partial charge in [-0.2, -0.15) is 4.31 Å². The molecular weight excluding hydrogens is 567 g/mol. The average Bonchev–Trinajstić information content (AvgIpc) is 2.95. The van der Waals surface area contributed by atoms with Gasteiger partial charge in [0.1, 0.15) is 29.5 Å². The van der Waals surface area contributed by atoms with Crippen LogP contribution in [0.5, 0.6) is 5.75 Å². The molecule has 5 rings (SSSR count). The molecule has 1 atom stereocenters. The van der Waals surface area contributed by atoms with E-state index in [9.17, 15) is 26.4 Å². The van der Waals surface area contributed by atoms with Gasteiger partial charge in [-0.25, -0.2) is 28.4 Å². The molecule has 4 aromatic rings. The van der Waals surface area contributed by atoms with Crippen LogP contribution in [0.4, 0.5) is 19.0 Å². The summed E-state index contributed by atoms with van der Waals surface area (Å²) in [4.78, 5) is 39.9. The van der Waals surface area contributed by atoms with E-state index >= 15 is 0 Å². The van der Waals surface area contributed by atoms with Crippen molar-refractivity contribution in [1.82, 2.24) is 39.5 Å². The molecule has 1 amide bonds. The first-order chi connectivity index (χ1) is 19.5. The van der Waals surface area contributed by atoms with Gasteiger partial charge in [-0.3, -0.25) is 14.8 Å². The molecule has 0 radical (unpaired) electrons. The number of benzene rings is 1. The Labute approximate surface area is 231 Å². The maximum Gasteiger partial charge on any atom is 0.573 e. The van der Waals surface area contributed by atoms with Gasteiger partial charge in [-0.15, -0.1) is 13.2 Å². The average molecular weight is 590 g/mol. The number of alkyl halides is 3. The maximum atomic E-state index is 13.6. The van der Waals surface area contributed by atoms with Gasteiger partial charge < -0.3 is 15.0 Å². The molecule has 1 aliphatic rings. The minimum atomic E-state index is -4.93. The zero-order valence-corrected chi connectivity index (χ0v) is 22.2. The summed E-state index contributed by atoms with van der Waals surface area (Å²) in [6, 6.07) is 2.55. The van der Waals surface area contributed by atoms with Crippen LogP contribution in [-0.2, 0) is 21.4 Å². The van der Waals surface area contributed by atoms with E-state index in [1.54, 1.807) is 11.8 Å². The lowest BCUT2D eigenvalue weighted by Crippen LogP contribution is -2.60. The SMILES string of the molecule is Cc1cnc(CNC(=O)[C@H]2CN(c3cnc4cncnc4n3)CCN2S(=O)(=O)c2ccc(OC(F)(F)F)cc2)cn1. The predicted molar refractivity (Wildman–Crippen MR) is 137 cm³/mol. The van der Waals surface area contributed by atoms with Gasteiger partial charge in [0.15, 0.2) is 5.65 Å². The summed E-state index contributed by atoms with van der Waals surface area (Å²) >= 11 is 0. The topological polar surface area (TPSA) is 156 Å². The zero-order chi connectivity index (χ0) is 29.2. The normalized spacial score (nSPS) is 16.5. The fraction of sp³-hybridized carbons (Fsp3) is 0.292. The Morgan fingerprint density at radius 1 is 1.05 bits per heavy atom. The van der Waals surface area contributed by atoms with Gasteiger partial charge >= 0.3 is 6.36 Å². The van der Waals surface area contributed by atoms with Gasteiger partial charge in [0.2, 0.25) is 15.9 Å². The zero-order valence-electron chi connectivity index (χ0n) is 21.4. The van der Waals surface area contributed by atoms with E-state index in [1.165, 1.54) is 31.1 Å². The lowest BCUT2D eigenvalue weighted by atomic mass is 10.2. The second-order valence-corrected chi connectivity index (χ2v) is 10.8. The van der Waals surface area contributed by atoms with E-state index in [-0.39, 0.29) is 31.1 Å². The van der Waals surface area contributed by atoms with E-state index in [0.717, 1.165) is 28.6 Å². The number of aryl methyl sites for hydroxylation is 1. The number of carbonyl (C=O) groups excluding carboxylic acids is 1. The molecule has 214 valence electrons. The van der Waals surface area contributed by atoms with E-state index in [2.05, 4.69) is 40.0 Å². The molecule has 4 heterocycles. The third-order valence-electron chi connectivity index (χ3n) is 6.11. The monoisotopic (exact) mass is 589 g/mol. The standard InChI is InChI=1S/C24H22F3N9O4S/c1-15-8-30-16(9-29-15)10-32-23(37)20-13-35(21-12-31-19-11-28-14-33-22(19)34-21)6-7-36(20)41(38,39)18-4-2-17(3-5-18)40-24(25,26)27/h2-5,8-9,11-12,14,20H,6-7,10,13H2,1H3,(H,32,37)/t20-/m1/s1. The highest BCUT2D eigenvalue weighted by Crippen LogP contribution is 2.28. The quantitative estimate of drug-likeness (QED) is 0.334. The van der Waals surface area contributed by atoms with E-state index in [1.807, 2.05) is 0 Å². The third-order valence-corrected chi connectivity index (χ3v) is 8.03. The van der Waals surface area contributed by atoms with E-state index < -0.39 is 34.1 Å². The molecule has 1 aliphatic heterocycles. The van der Waals surface area contributed by atoms with Crippen LogP contribution in [0.25, 0.3) is 11.2 Å². The third kappa shape index (κ3) is 6.46. The highest BCUT2D eigenvalue weighted by Gasteiger charge is 2.41. The Morgan fingerprint density at radius 3 is 2.54 bits per heavy atom. The van der Waals surface area contributed by atoms with Crippen LogP contribution in [0.15, 0.2) is 60.3 Å². The van der Waals surface area contributed by atoms with Gasteiger partial charge in [0.25, 0.3) is 0 Å². The van der Waals surface area contributed by atoms with E-state index in [4.69, 9.17) is 0 Å². The first-order valence-corrected chi connectivity index (χ1v) is 13.5. The number of hydrogen-bond acceptors (Lipinski definition) is 11. The predicted octanol–water partition coefficient (Wildman–Crippen LogP) is 1.61. The van der Waals surface area contributed by atoms with Crippen molar-refractivity contribution in [2.75, 3.05) is 24.5 Å². The second-order valence-electron chi connectivity index (χ2n) is 8.92. The fourth-order valence-corrected chi connectivity index (χ4v) is 5.71. The van der Waals surface area contributed by atoms with Crippen molar-refractivity contribution in [1.29, 1.82) is 0 Å². The number of ether oxygens (including phenoxy) is 1. The molecule has 0 saturated carbocycles. The number of anilines is 1. The lowest BCUT2D eigenvalue weighted by Gasteiger charge is -2.40. The van der Waals surface area contributed by atoms with Crippen molar-refractivity contribution in [2.45, 2.75) is 30.8 Å². The number of carbonyl (C=O) groups is 1. The first kappa shape index (κ1) is 28.0. The van der Waals surface area contributed by atoms with Gasteiger partial charge in [-0.05, 0) is 31.2 Å². The molecule has 0 aliphatic carbocycles. The molecule has 1 saturated heterocycles. The van der Waals surface area contributed by atoms with Crippen LogP contribution in [0.2, 0.25) is 0 Å². The molecule has 0 unspecified atom stereocenters. The Hall–Kier alpha value is -4.51. The number of sulfonamides is 1. The lowest BCUT2D eigenvalue weighted by molar-refractivity contribution is -0.274. The molecule has 17 heteroatoms. The molecule has 1 aromatic carbocycles. The van der Waals surface area contributed by atoms with Crippen LogP contribution in [-0.4, -0.2) is 80.6 Å². The second kappa shape index (κ2) is 11.2. The van der Waals surface area contributed by atoms with Crippen LogP contribution in [0.1, 0.15) is 11.4 Å². The number of amides is 1. The summed E-state index contributed by atoms with van der Waals surface area (Å²) in [6.07, 6.45) is 2.40. The molecule has 0 spiro atoms. The van der Waals surface area contributed by atoms with Crippen molar-refractivity contribution in [3.8, 4) is 5.75 Å². The highest BCUT2D eigenvalue weighted by atomic mass is 32.2. The van der Waals surface area contributed by atoms with Gasteiger partial charge in [0.05, 0.1) is 41.4 Å². The Morgan fingerprint density at radius 2 is 1.83 bits per heavy atom. The Balaban J connectivity index is 1.41. The van der Waals surface area contributed by atoms with Crippen molar-refractivity contribution < 1.29 is 31.1 Å².